The van der Waals surface area contributed by atoms with E-state index in [0.717, 1.165) is 107 Å². The zero-order valence-electron chi connectivity index (χ0n) is 36.8. The zero-order valence-corrected chi connectivity index (χ0v) is 36.8. The molecule has 1 aliphatic heterocycles. The maximum atomic E-state index is 14.0. The third kappa shape index (κ3) is 7.79. The number of likely N-dealkylation sites (tertiary alicyclic amines) is 1. The van der Waals surface area contributed by atoms with Crippen molar-refractivity contribution in [2.45, 2.75) is 103 Å². The Morgan fingerprint density at radius 1 is 0.806 bits per heavy atom. The molecule has 2 aromatic heterocycles. The monoisotopic (exact) mass is 842 g/mol. The van der Waals surface area contributed by atoms with Crippen molar-refractivity contribution in [3.63, 3.8) is 0 Å². The van der Waals surface area contributed by atoms with Gasteiger partial charge in [0.1, 0.15) is 29.3 Å². The van der Waals surface area contributed by atoms with Crippen LogP contribution in [0.2, 0.25) is 0 Å². The van der Waals surface area contributed by atoms with E-state index in [2.05, 4.69) is 75.2 Å². The number of aromatic amines is 2. The molecule has 3 atom stereocenters. The Bertz CT molecular complexity index is 2480. The zero-order chi connectivity index (χ0) is 43.9. The number of nitrogens with zero attached hydrogens (tertiary/aromatic N) is 4. The number of alkyl carbamates (subject to hydrolysis) is 2. The molecule has 3 heterocycles. The molecule has 1 saturated heterocycles. The minimum absolute atomic E-state index is 0.0999. The lowest BCUT2D eigenvalue weighted by molar-refractivity contribution is -0.146. The Labute approximate surface area is 362 Å². The average molecular weight is 843 g/mol. The number of methoxy groups -OCH3 is 2. The largest absolute Gasteiger partial charge is 0.453 e. The SMILES string of the molecule is CCN(C(=O)[C@@H](NC(=O)OC)C(C)C)C1(c2nc3ccc(-c4ccc(-c5ccc6c(c5)CCc5nc([C@@H]7CCCN7C(=O)[C@@H](NC(=O)OC)C(C)C)[nH]c5-6)cc4)cc3[nH]2)CCC1. The number of imidazole rings is 2. The molecule has 62 heavy (non-hydrogen) atoms. The summed E-state index contributed by atoms with van der Waals surface area (Å²) in [6.45, 7) is 10.7. The van der Waals surface area contributed by atoms with Crippen LogP contribution in [0.4, 0.5) is 9.59 Å². The Balaban J connectivity index is 0.989. The number of rotatable bonds is 12. The van der Waals surface area contributed by atoms with Crippen LogP contribution >= 0.6 is 0 Å². The lowest BCUT2D eigenvalue weighted by Gasteiger charge is -2.49. The molecule has 3 aliphatic rings. The second kappa shape index (κ2) is 17.3. The number of amides is 4. The number of fused-ring (bicyclic) bond motifs is 4. The van der Waals surface area contributed by atoms with Crippen molar-refractivity contribution in [1.29, 1.82) is 0 Å². The molecule has 5 aromatic rings. The summed E-state index contributed by atoms with van der Waals surface area (Å²) in [5, 5.41) is 5.48. The number of hydrogen-bond acceptors (Lipinski definition) is 8. The fraction of sp³-hybridized carbons (Fsp3) is 0.458. The number of benzene rings is 3. The van der Waals surface area contributed by atoms with Crippen LogP contribution in [0.5, 0.6) is 0 Å². The first-order valence-electron chi connectivity index (χ1n) is 22.0. The number of carbonyl (C=O) groups is 4. The lowest BCUT2D eigenvalue weighted by Crippen LogP contribution is -2.60. The van der Waals surface area contributed by atoms with Crippen LogP contribution in [-0.4, -0.2) is 93.1 Å². The molecule has 14 nitrogen and oxygen atoms in total. The predicted octanol–water partition coefficient (Wildman–Crippen LogP) is 8.04. The highest BCUT2D eigenvalue weighted by molar-refractivity contribution is 5.88. The summed E-state index contributed by atoms with van der Waals surface area (Å²) in [5.74, 6) is 1.09. The van der Waals surface area contributed by atoms with Crippen molar-refractivity contribution in [3.05, 3.63) is 83.6 Å². The highest BCUT2D eigenvalue weighted by atomic mass is 16.5. The van der Waals surface area contributed by atoms with Crippen LogP contribution < -0.4 is 10.6 Å². The molecule has 2 fully saturated rings. The van der Waals surface area contributed by atoms with Gasteiger partial charge in [0.25, 0.3) is 0 Å². The van der Waals surface area contributed by atoms with Crippen molar-refractivity contribution >= 4 is 35.0 Å². The number of likely N-dealkylation sites (N-methyl/N-ethyl adjacent to an activating group) is 1. The van der Waals surface area contributed by atoms with Crippen LogP contribution in [-0.2, 0) is 37.4 Å². The van der Waals surface area contributed by atoms with E-state index in [4.69, 9.17) is 19.4 Å². The van der Waals surface area contributed by atoms with Gasteiger partial charge in [-0.3, -0.25) is 9.59 Å². The fourth-order valence-corrected chi connectivity index (χ4v) is 9.61. The smallest absolute Gasteiger partial charge is 0.407 e. The predicted molar refractivity (Wildman–Crippen MR) is 237 cm³/mol. The minimum Gasteiger partial charge on any atom is -0.453 e. The van der Waals surface area contributed by atoms with E-state index < -0.39 is 29.8 Å². The standard InChI is InChI=1S/C48H58N8O6/c1-8-56(44(58)40(28(4)5)54-47(60)62-7)48(22-10-23-48)45-50-35-20-17-32(26-37(35)51-45)30-14-12-29(13-15-30)31-16-19-34-33(25-31)18-21-36-41(34)52-42(49-36)38-11-9-24-55(38)43(57)39(27(2)3)53-46(59)61-6/h12-17,19-20,25-28,38-40H,8-11,18,21-24H2,1-7H3,(H,49,52)(H,50,51)(H,53,59)(H,54,60)/t38-,39-,40-/m0/s1. The van der Waals surface area contributed by atoms with Crippen LogP contribution in [0.25, 0.3) is 44.5 Å². The molecule has 4 amide bonds. The van der Waals surface area contributed by atoms with Crippen LogP contribution in [0.1, 0.15) is 95.7 Å². The highest BCUT2D eigenvalue weighted by Gasteiger charge is 2.50. The average Bonchev–Trinajstić information content (AvgIpc) is 4.03. The van der Waals surface area contributed by atoms with E-state index in [1.807, 2.05) is 50.5 Å². The Hall–Kier alpha value is -6.18. The topological polar surface area (TPSA) is 175 Å². The quantitative estimate of drug-likeness (QED) is 0.0977. The first-order chi connectivity index (χ1) is 29.8. The molecular weight excluding hydrogens is 785 g/mol. The molecule has 8 rings (SSSR count). The van der Waals surface area contributed by atoms with Gasteiger partial charge in [-0.1, -0.05) is 76.2 Å². The summed E-state index contributed by atoms with van der Waals surface area (Å²) < 4.78 is 9.63. The fourth-order valence-electron chi connectivity index (χ4n) is 9.61. The van der Waals surface area contributed by atoms with E-state index in [-0.39, 0.29) is 29.7 Å². The molecule has 2 aliphatic carbocycles. The molecule has 0 radical (unpaired) electrons. The van der Waals surface area contributed by atoms with Gasteiger partial charge >= 0.3 is 12.2 Å². The normalized spacial score (nSPS) is 17.5. The third-order valence-electron chi connectivity index (χ3n) is 13.2. The number of nitrogens with one attached hydrogen (secondary N) is 4. The molecule has 4 N–H and O–H groups in total. The first-order valence-corrected chi connectivity index (χ1v) is 22.0. The maximum Gasteiger partial charge on any atom is 0.407 e. The van der Waals surface area contributed by atoms with Crippen molar-refractivity contribution < 1.29 is 28.7 Å². The summed E-state index contributed by atoms with van der Waals surface area (Å²) >= 11 is 0. The Morgan fingerprint density at radius 3 is 2.05 bits per heavy atom. The second-order valence-corrected chi connectivity index (χ2v) is 17.6. The van der Waals surface area contributed by atoms with Crippen LogP contribution in [0, 0.1) is 11.8 Å². The molecule has 0 spiro atoms. The number of aromatic nitrogens is 4. The molecule has 0 bridgehead atoms. The van der Waals surface area contributed by atoms with Gasteiger partial charge < -0.3 is 39.9 Å². The molecule has 326 valence electrons. The molecule has 1 saturated carbocycles. The number of aryl methyl sites for hydroxylation is 2. The number of ether oxygens (including phenoxy) is 2. The molecule has 14 heteroatoms. The summed E-state index contributed by atoms with van der Waals surface area (Å²) in [6, 6.07) is 19.9. The van der Waals surface area contributed by atoms with Gasteiger partial charge in [0.05, 0.1) is 42.7 Å². The third-order valence-corrected chi connectivity index (χ3v) is 13.2. The van der Waals surface area contributed by atoms with Gasteiger partial charge in [0.2, 0.25) is 11.8 Å². The maximum absolute atomic E-state index is 14.0. The van der Waals surface area contributed by atoms with E-state index in [1.165, 1.54) is 19.8 Å². The van der Waals surface area contributed by atoms with Gasteiger partial charge in [0, 0.05) is 18.7 Å². The minimum atomic E-state index is -0.714. The molecule has 0 unspecified atom stereocenters. The van der Waals surface area contributed by atoms with E-state index in [1.54, 1.807) is 0 Å². The number of hydrogen-bond donors (Lipinski definition) is 4. The van der Waals surface area contributed by atoms with Gasteiger partial charge in [-0.05, 0) is 104 Å². The molecule has 3 aromatic carbocycles. The van der Waals surface area contributed by atoms with Crippen molar-refractivity contribution in [2.75, 3.05) is 27.3 Å². The summed E-state index contributed by atoms with van der Waals surface area (Å²) in [5.41, 5.74) is 9.99. The van der Waals surface area contributed by atoms with Crippen LogP contribution in [0.3, 0.4) is 0 Å². The van der Waals surface area contributed by atoms with Crippen molar-refractivity contribution in [2.24, 2.45) is 11.8 Å². The number of carbonyl (C=O) groups excluding carboxylic acids is 4. The van der Waals surface area contributed by atoms with E-state index in [0.29, 0.717) is 13.1 Å². The molecular formula is C48H58N8O6. The van der Waals surface area contributed by atoms with E-state index >= 15 is 0 Å². The van der Waals surface area contributed by atoms with Gasteiger partial charge in [0.15, 0.2) is 0 Å². The van der Waals surface area contributed by atoms with E-state index in [9.17, 15) is 19.2 Å². The van der Waals surface area contributed by atoms with Gasteiger partial charge in [-0.2, -0.15) is 0 Å². The summed E-state index contributed by atoms with van der Waals surface area (Å²) in [7, 11) is 2.61. The Kier molecular flexibility index (Phi) is 11.9. The summed E-state index contributed by atoms with van der Waals surface area (Å²) in [6.07, 6.45) is 4.65. The van der Waals surface area contributed by atoms with Crippen LogP contribution in [0.15, 0.2) is 60.7 Å². The van der Waals surface area contributed by atoms with Crippen molar-refractivity contribution in [1.82, 2.24) is 40.4 Å². The lowest BCUT2D eigenvalue weighted by atomic mass is 9.74. The highest BCUT2D eigenvalue weighted by Crippen LogP contribution is 2.47. The first kappa shape index (κ1) is 42.5. The second-order valence-electron chi connectivity index (χ2n) is 17.6. The summed E-state index contributed by atoms with van der Waals surface area (Å²) in [4.78, 5) is 73.0. The van der Waals surface area contributed by atoms with Gasteiger partial charge in [-0.15, -0.1) is 0 Å². The van der Waals surface area contributed by atoms with Crippen molar-refractivity contribution in [3.8, 4) is 33.5 Å². The number of H-pyrrole nitrogens is 2. The van der Waals surface area contributed by atoms with Gasteiger partial charge in [-0.25, -0.2) is 19.6 Å². The Morgan fingerprint density at radius 2 is 1.44 bits per heavy atom.